The fourth-order valence-corrected chi connectivity index (χ4v) is 2.34. The zero-order valence-corrected chi connectivity index (χ0v) is 12.0. The summed E-state index contributed by atoms with van der Waals surface area (Å²) < 4.78 is 11.1. The van der Waals surface area contributed by atoms with Gasteiger partial charge in [-0.3, -0.25) is 14.8 Å². The molecule has 1 N–H and O–H groups in total. The Balaban J connectivity index is 1.70. The zero-order chi connectivity index (χ0) is 14.9. The third-order valence-corrected chi connectivity index (χ3v) is 3.30. The number of rotatable bonds is 3. The molecule has 0 radical (unpaired) electrons. The van der Waals surface area contributed by atoms with Gasteiger partial charge in [0.15, 0.2) is 5.79 Å². The highest BCUT2D eigenvalue weighted by Crippen LogP contribution is 2.22. The molecule has 1 atom stereocenters. The number of hydrogen-bond donors (Lipinski definition) is 1. The molecule has 1 aromatic heterocycles. The molecule has 2 heterocycles. The molecule has 6 heteroatoms. The molecule has 1 aliphatic heterocycles. The molecular formula is C15H17N3O3. The number of aromatic nitrogens is 2. The molecule has 110 valence electrons. The second-order valence-electron chi connectivity index (χ2n) is 5.39. The minimum absolute atomic E-state index is 0.134. The van der Waals surface area contributed by atoms with Gasteiger partial charge in [-0.15, -0.1) is 0 Å². The molecule has 1 saturated heterocycles. The van der Waals surface area contributed by atoms with Crippen LogP contribution in [0.25, 0.3) is 11.0 Å². The molecule has 1 aromatic carbocycles. The van der Waals surface area contributed by atoms with Crippen LogP contribution in [0.1, 0.15) is 24.2 Å². The van der Waals surface area contributed by atoms with Crippen molar-refractivity contribution in [1.29, 1.82) is 0 Å². The highest BCUT2D eigenvalue weighted by molar-refractivity contribution is 6.04. The van der Waals surface area contributed by atoms with Crippen molar-refractivity contribution in [3.05, 3.63) is 36.2 Å². The van der Waals surface area contributed by atoms with Crippen molar-refractivity contribution in [1.82, 2.24) is 15.3 Å². The van der Waals surface area contributed by atoms with Crippen LogP contribution in [0.3, 0.4) is 0 Å². The van der Waals surface area contributed by atoms with Gasteiger partial charge >= 0.3 is 0 Å². The summed E-state index contributed by atoms with van der Waals surface area (Å²) in [6.45, 7) is 4.59. The van der Waals surface area contributed by atoms with E-state index in [1.54, 1.807) is 24.5 Å². The number of nitrogens with one attached hydrogen (secondary N) is 1. The van der Waals surface area contributed by atoms with Crippen LogP contribution < -0.4 is 5.32 Å². The SMILES string of the molecule is CC1(C)OCC(CNC(=O)c2cccc3nccnc23)O1. The monoisotopic (exact) mass is 287 g/mol. The summed E-state index contributed by atoms with van der Waals surface area (Å²) in [5.74, 6) is -0.769. The Kier molecular flexibility index (Phi) is 3.57. The lowest BCUT2D eigenvalue weighted by molar-refractivity contribution is -0.137. The Morgan fingerprint density at radius 1 is 1.38 bits per heavy atom. The van der Waals surface area contributed by atoms with E-state index in [2.05, 4.69) is 15.3 Å². The first-order valence-corrected chi connectivity index (χ1v) is 6.85. The molecule has 3 rings (SSSR count). The van der Waals surface area contributed by atoms with Gasteiger partial charge in [0, 0.05) is 18.9 Å². The van der Waals surface area contributed by atoms with E-state index in [1.165, 1.54) is 0 Å². The maximum absolute atomic E-state index is 12.3. The highest BCUT2D eigenvalue weighted by atomic mass is 16.7. The average molecular weight is 287 g/mol. The highest BCUT2D eigenvalue weighted by Gasteiger charge is 2.32. The van der Waals surface area contributed by atoms with Crippen LogP contribution in [0, 0.1) is 0 Å². The molecule has 1 aliphatic rings. The van der Waals surface area contributed by atoms with Gasteiger partial charge in [0.2, 0.25) is 0 Å². The van der Waals surface area contributed by atoms with Crippen LogP contribution in [0.2, 0.25) is 0 Å². The first-order valence-electron chi connectivity index (χ1n) is 6.85. The van der Waals surface area contributed by atoms with E-state index >= 15 is 0 Å². The van der Waals surface area contributed by atoms with Crippen LogP contribution in [-0.2, 0) is 9.47 Å². The summed E-state index contributed by atoms with van der Waals surface area (Å²) in [5, 5.41) is 2.86. The molecule has 1 amide bonds. The topological polar surface area (TPSA) is 73.3 Å². The fraction of sp³-hybridized carbons (Fsp3) is 0.400. The van der Waals surface area contributed by atoms with Crippen LogP contribution in [-0.4, -0.2) is 40.9 Å². The van der Waals surface area contributed by atoms with E-state index in [4.69, 9.17) is 9.47 Å². The van der Waals surface area contributed by atoms with Gasteiger partial charge < -0.3 is 14.8 Å². The van der Waals surface area contributed by atoms with E-state index in [0.717, 1.165) is 0 Å². The number of benzene rings is 1. The van der Waals surface area contributed by atoms with Gasteiger partial charge in [0.1, 0.15) is 11.6 Å². The number of carbonyl (C=O) groups excluding carboxylic acids is 1. The fourth-order valence-electron chi connectivity index (χ4n) is 2.34. The predicted octanol–water partition coefficient (Wildman–Crippen LogP) is 1.51. The Bertz CT molecular complexity index is 667. The number of amides is 1. The molecule has 21 heavy (non-hydrogen) atoms. The van der Waals surface area contributed by atoms with Gasteiger partial charge in [-0.1, -0.05) is 6.07 Å². The molecule has 1 fully saturated rings. The van der Waals surface area contributed by atoms with Crippen molar-refractivity contribution in [3.63, 3.8) is 0 Å². The number of hydrogen-bond acceptors (Lipinski definition) is 5. The van der Waals surface area contributed by atoms with Gasteiger partial charge in [-0.2, -0.15) is 0 Å². The van der Waals surface area contributed by atoms with Gasteiger partial charge in [0.05, 0.1) is 17.7 Å². The summed E-state index contributed by atoms with van der Waals surface area (Å²) in [7, 11) is 0. The lowest BCUT2D eigenvalue weighted by atomic mass is 10.1. The molecule has 0 saturated carbocycles. The van der Waals surface area contributed by atoms with Gasteiger partial charge in [-0.05, 0) is 26.0 Å². The first-order chi connectivity index (χ1) is 10.1. The van der Waals surface area contributed by atoms with Crippen LogP contribution in [0.5, 0.6) is 0 Å². The third-order valence-electron chi connectivity index (χ3n) is 3.30. The quantitative estimate of drug-likeness (QED) is 0.926. The Hall–Kier alpha value is -2.05. The number of carbonyl (C=O) groups is 1. The lowest BCUT2D eigenvalue weighted by Crippen LogP contribution is -2.34. The molecule has 1 unspecified atom stereocenters. The lowest BCUT2D eigenvalue weighted by Gasteiger charge is -2.17. The minimum atomic E-state index is -0.583. The van der Waals surface area contributed by atoms with Crippen molar-refractivity contribution in [3.8, 4) is 0 Å². The Morgan fingerprint density at radius 3 is 2.95 bits per heavy atom. The van der Waals surface area contributed by atoms with Gasteiger partial charge in [0.25, 0.3) is 5.91 Å². The summed E-state index contributed by atoms with van der Waals surface area (Å²) in [6.07, 6.45) is 3.05. The van der Waals surface area contributed by atoms with Gasteiger partial charge in [-0.25, -0.2) is 0 Å². The van der Waals surface area contributed by atoms with E-state index in [0.29, 0.717) is 29.7 Å². The smallest absolute Gasteiger partial charge is 0.253 e. The van der Waals surface area contributed by atoms with Crippen molar-refractivity contribution in [2.24, 2.45) is 0 Å². The van der Waals surface area contributed by atoms with E-state index in [1.807, 2.05) is 19.9 Å². The van der Waals surface area contributed by atoms with Crippen molar-refractivity contribution < 1.29 is 14.3 Å². The second-order valence-corrected chi connectivity index (χ2v) is 5.39. The number of fused-ring (bicyclic) bond motifs is 1. The van der Waals surface area contributed by atoms with Crippen molar-refractivity contribution in [2.75, 3.05) is 13.2 Å². The molecule has 0 aliphatic carbocycles. The standard InChI is InChI=1S/C15H17N3O3/c1-15(2)20-9-10(21-15)8-18-14(19)11-4-3-5-12-13(11)17-7-6-16-12/h3-7,10H,8-9H2,1-2H3,(H,18,19). The number of para-hydroxylation sites is 1. The largest absolute Gasteiger partial charge is 0.349 e. The van der Waals surface area contributed by atoms with E-state index in [-0.39, 0.29) is 12.0 Å². The zero-order valence-electron chi connectivity index (χ0n) is 12.0. The minimum Gasteiger partial charge on any atom is -0.349 e. The summed E-state index contributed by atoms with van der Waals surface area (Å²) in [4.78, 5) is 20.7. The number of nitrogens with zero attached hydrogens (tertiary/aromatic N) is 2. The van der Waals surface area contributed by atoms with Crippen LogP contribution in [0.15, 0.2) is 30.6 Å². The van der Waals surface area contributed by atoms with Crippen molar-refractivity contribution >= 4 is 16.9 Å². The summed E-state index contributed by atoms with van der Waals surface area (Å²) in [6, 6.07) is 5.36. The maximum Gasteiger partial charge on any atom is 0.253 e. The van der Waals surface area contributed by atoms with Crippen LogP contribution in [0.4, 0.5) is 0 Å². The van der Waals surface area contributed by atoms with Crippen LogP contribution >= 0.6 is 0 Å². The first kappa shape index (κ1) is 13.9. The molecule has 0 bridgehead atoms. The second kappa shape index (κ2) is 5.38. The molecule has 0 spiro atoms. The summed E-state index contributed by atoms with van der Waals surface area (Å²) in [5.41, 5.74) is 1.81. The Morgan fingerprint density at radius 2 is 2.19 bits per heavy atom. The average Bonchev–Trinajstić information content (AvgIpc) is 2.83. The maximum atomic E-state index is 12.3. The molecular weight excluding hydrogens is 270 g/mol. The Labute approximate surface area is 122 Å². The number of ether oxygens (including phenoxy) is 2. The van der Waals surface area contributed by atoms with Crippen molar-refractivity contribution in [2.45, 2.75) is 25.7 Å². The summed E-state index contributed by atoms with van der Waals surface area (Å²) >= 11 is 0. The molecule has 2 aromatic rings. The predicted molar refractivity (Wildman–Crippen MR) is 76.8 cm³/mol. The third kappa shape index (κ3) is 3.01. The van der Waals surface area contributed by atoms with E-state index < -0.39 is 5.79 Å². The van der Waals surface area contributed by atoms with E-state index in [9.17, 15) is 4.79 Å². The molecule has 6 nitrogen and oxygen atoms in total. The normalized spacial score (nSPS) is 20.6.